The van der Waals surface area contributed by atoms with Crippen LogP contribution in [-0.2, 0) is 9.59 Å². The van der Waals surface area contributed by atoms with Gasteiger partial charge < -0.3 is 15.0 Å². The summed E-state index contributed by atoms with van der Waals surface area (Å²) >= 11 is 0. The second kappa shape index (κ2) is 9.61. The zero-order valence-corrected chi connectivity index (χ0v) is 15.6. The number of para-hydroxylation sites is 1. The first-order chi connectivity index (χ1) is 12.5. The summed E-state index contributed by atoms with van der Waals surface area (Å²) in [5.41, 5.74) is 2.87. The Morgan fingerprint density at radius 2 is 1.73 bits per heavy atom. The molecule has 0 aromatic heterocycles. The van der Waals surface area contributed by atoms with Gasteiger partial charge in [0.25, 0.3) is 5.91 Å². The maximum atomic E-state index is 12.4. The number of aryl methyl sites for hydroxylation is 2. The second-order valence-electron chi connectivity index (χ2n) is 6.28. The van der Waals surface area contributed by atoms with E-state index in [2.05, 4.69) is 5.32 Å². The molecule has 0 fully saturated rings. The van der Waals surface area contributed by atoms with Gasteiger partial charge >= 0.3 is 0 Å². The smallest absolute Gasteiger partial charge is 0.260 e. The maximum Gasteiger partial charge on any atom is 0.260 e. The second-order valence-corrected chi connectivity index (χ2v) is 6.28. The molecule has 0 heterocycles. The summed E-state index contributed by atoms with van der Waals surface area (Å²) in [6.07, 6.45) is 0.772. The number of carbonyl (C=O) groups excluding carboxylic acids is 2. The summed E-state index contributed by atoms with van der Waals surface area (Å²) in [6, 6.07) is 15.1. The molecule has 0 aliphatic rings. The Hall–Kier alpha value is -2.82. The average Bonchev–Trinajstić information content (AvgIpc) is 2.62. The van der Waals surface area contributed by atoms with E-state index in [1.807, 2.05) is 69.3 Å². The third-order valence-electron chi connectivity index (χ3n) is 3.98. The minimum Gasteiger partial charge on any atom is -0.484 e. The van der Waals surface area contributed by atoms with Crippen LogP contribution in [0.25, 0.3) is 0 Å². The molecule has 2 amide bonds. The van der Waals surface area contributed by atoms with E-state index in [9.17, 15) is 9.59 Å². The van der Waals surface area contributed by atoms with Crippen LogP contribution in [0.4, 0.5) is 5.69 Å². The lowest BCUT2D eigenvalue weighted by Crippen LogP contribution is -2.41. The van der Waals surface area contributed by atoms with Gasteiger partial charge in [-0.3, -0.25) is 9.59 Å². The Morgan fingerprint density at radius 1 is 1.04 bits per heavy atom. The van der Waals surface area contributed by atoms with Gasteiger partial charge in [-0.25, -0.2) is 0 Å². The Morgan fingerprint density at radius 3 is 2.38 bits per heavy atom. The van der Waals surface area contributed by atoms with Gasteiger partial charge in [-0.1, -0.05) is 42.8 Å². The highest BCUT2D eigenvalue weighted by Gasteiger charge is 2.17. The van der Waals surface area contributed by atoms with E-state index in [1.54, 1.807) is 0 Å². The minimum atomic E-state index is -0.212. The molecule has 2 aromatic rings. The lowest BCUT2D eigenvalue weighted by atomic mass is 10.2. The summed E-state index contributed by atoms with van der Waals surface area (Å²) in [6.45, 7) is 6.33. The van der Waals surface area contributed by atoms with Gasteiger partial charge in [0.1, 0.15) is 5.75 Å². The number of nitrogens with zero attached hydrogens (tertiary/aromatic N) is 1. The first-order valence-corrected chi connectivity index (χ1v) is 8.82. The van der Waals surface area contributed by atoms with Crippen molar-refractivity contribution in [3.05, 3.63) is 59.7 Å². The van der Waals surface area contributed by atoms with E-state index in [1.165, 1.54) is 4.90 Å². The molecule has 5 nitrogen and oxygen atoms in total. The van der Waals surface area contributed by atoms with Crippen molar-refractivity contribution in [2.45, 2.75) is 27.2 Å². The van der Waals surface area contributed by atoms with Crippen LogP contribution < -0.4 is 10.1 Å². The normalized spacial score (nSPS) is 10.3. The number of nitrogens with one attached hydrogen (secondary N) is 1. The van der Waals surface area contributed by atoms with Crippen molar-refractivity contribution >= 4 is 17.5 Å². The first-order valence-electron chi connectivity index (χ1n) is 8.82. The number of ether oxygens (including phenoxy) is 1. The van der Waals surface area contributed by atoms with Crippen molar-refractivity contribution in [3.8, 4) is 5.75 Å². The Kier molecular flexibility index (Phi) is 7.21. The van der Waals surface area contributed by atoms with E-state index in [4.69, 9.17) is 4.74 Å². The molecule has 0 saturated carbocycles. The summed E-state index contributed by atoms with van der Waals surface area (Å²) in [5.74, 6) is 0.230. The van der Waals surface area contributed by atoms with Crippen molar-refractivity contribution in [1.29, 1.82) is 0 Å². The van der Waals surface area contributed by atoms with Gasteiger partial charge in [0.15, 0.2) is 6.61 Å². The predicted octanol–water partition coefficient (Wildman–Crippen LogP) is 3.56. The van der Waals surface area contributed by atoms with E-state index in [0.717, 1.165) is 23.2 Å². The summed E-state index contributed by atoms with van der Waals surface area (Å²) in [7, 11) is 0. The number of anilines is 1. The van der Waals surface area contributed by atoms with Gasteiger partial charge in [0, 0.05) is 12.2 Å². The standard InChI is InChI=1S/C21H26N2O3/c1-4-13-23(14-20(24)22-19-8-6-5-7-17(19)3)21(25)15-26-18-11-9-16(2)10-12-18/h5-12H,4,13-15H2,1-3H3,(H,22,24). The van der Waals surface area contributed by atoms with Crippen LogP contribution in [0.15, 0.2) is 48.5 Å². The van der Waals surface area contributed by atoms with Crippen LogP contribution in [0.1, 0.15) is 24.5 Å². The van der Waals surface area contributed by atoms with E-state index >= 15 is 0 Å². The fraction of sp³-hybridized carbons (Fsp3) is 0.333. The van der Waals surface area contributed by atoms with E-state index in [0.29, 0.717) is 12.3 Å². The number of carbonyl (C=O) groups is 2. The SMILES string of the molecule is CCCN(CC(=O)Nc1ccccc1C)C(=O)COc1ccc(C)cc1. The van der Waals surface area contributed by atoms with Gasteiger partial charge in [0.2, 0.25) is 5.91 Å². The summed E-state index contributed by atoms with van der Waals surface area (Å²) in [5, 5.41) is 2.86. The molecule has 0 aliphatic carbocycles. The van der Waals surface area contributed by atoms with E-state index in [-0.39, 0.29) is 25.0 Å². The molecule has 0 radical (unpaired) electrons. The van der Waals surface area contributed by atoms with Crippen LogP contribution >= 0.6 is 0 Å². The van der Waals surface area contributed by atoms with Gasteiger partial charge in [-0.05, 0) is 44.0 Å². The Balaban J connectivity index is 1.91. The van der Waals surface area contributed by atoms with Crippen molar-refractivity contribution < 1.29 is 14.3 Å². The number of hydrogen-bond acceptors (Lipinski definition) is 3. The highest BCUT2D eigenvalue weighted by molar-refractivity contribution is 5.95. The van der Waals surface area contributed by atoms with Crippen molar-refractivity contribution in [1.82, 2.24) is 4.90 Å². The van der Waals surface area contributed by atoms with Crippen LogP contribution in [0.2, 0.25) is 0 Å². The molecule has 0 bridgehead atoms. The maximum absolute atomic E-state index is 12.4. The Bertz CT molecular complexity index is 741. The summed E-state index contributed by atoms with van der Waals surface area (Å²) < 4.78 is 5.55. The van der Waals surface area contributed by atoms with Crippen molar-refractivity contribution in [3.63, 3.8) is 0 Å². The minimum absolute atomic E-state index is 0.0122. The molecule has 0 aliphatic heterocycles. The number of benzene rings is 2. The molecule has 138 valence electrons. The average molecular weight is 354 g/mol. The third kappa shape index (κ3) is 5.92. The zero-order chi connectivity index (χ0) is 18.9. The lowest BCUT2D eigenvalue weighted by Gasteiger charge is -2.22. The molecule has 2 rings (SSSR count). The topological polar surface area (TPSA) is 58.6 Å². The molecule has 0 atom stereocenters. The lowest BCUT2D eigenvalue weighted by molar-refractivity contribution is -0.136. The molecule has 5 heteroatoms. The molecular formula is C21H26N2O3. The van der Waals surface area contributed by atoms with Crippen molar-refractivity contribution in [2.75, 3.05) is 25.0 Å². The largest absolute Gasteiger partial charge is 0.484 e. The molecule has 2 aromatic carbocycles. The number of hydrogen-bond donors (Lipinski definition) is 1. The van der Waals surface area contributed by atoms with Crippen LogP contribution in [0.3, 0.4) is 0 Å². The first kappa shape index (κ1) is 19.5. The molecule has 0 unspecified atom stereocenters. The summed E-state index contributed by atoms with van der Waals surface area (Å²) in [4.78, 5) is 26.3. The highest BCUT2D eigenvalue weighted by Crippen LogP contribution is 2.14. The Labute approximate surface area is 155 Å². The number of amides is 2. The van der Waals surface area contributed by atoms with Gasteiger partial charge in [0.05, 0.1) is 6.54 Å². The third-order valence-corrected chi connectivity index (χ3v) is 3.98. The highest BCUT2D eigenvalue weighted by atomic mass is 16.5. The molecule has 0 spiro atoms. The van der Waals surface area contributed by atoms with Gasteiger partial charge in [-0.15, -0.1) is 0 Å². The molecule has 0 saturated heterocycles. The quantitative estimate of drug-likeness (QED) is 0.788. The molecule has 1 N–H and O–H groups in total. The van der Waals surface area contributed by atoms with Gasteiger partial charge in [-0.2, -0.15) is 0 Å². The fourth-order valence-corrected chi connectivity index (χ4v) is 2.51. The van der Waals surface area contributed by atoms with E-state index < -0.39 is 0 Å². The van der Waals surface area contributed by atoms with Crippen LogP contribution in [-0.4, -0.2) is 36.4 Å². The number of rotatable bonds is 8. The van der Waals surface area contributed by atoms with Crippen LogP contribution in [0, 0.1) is 13.8 Å². The fourth-order valence-electron chi connectivity index (χ4n) is 2.51. The van der Waals surface area contributed by atoms with Crippen molar-refractivity contribution in [2.24, 2.45) is 0 Å². The molecular weight excluding hydrogens is 328 g/mol. The monoisotopic (exact) mass is 354 g/mol. The zero-order valence-electron chi connectivity index (χ0n) is 15.6. The predicted molar refractivity (Wildman–Crippen MR) is 103 cm³/mol. The molecule has 26 heavy (non-hydrogen) atoms. The van der Waals surface area contributed by atoms with Crippen LogP contribution in [0.5, 0.6) is 5.75 Å².